The van der Waals surface area contributed by atoms with E-state index in [1.165, 1.54) is 12.1 Å². The Morgan fingerprint density at radius 2 is 1.97 bits per heavy atom. The molecule has 2 aromatic heterocycles. The Morgan fingerprint density at radius 1 is 1.19 bits per heavy atom. The monoisotopic (exact) mass is 520 g/mol. The Morgan fingerprint density at radius 3 is 2.72 bits per heavy atom. The summed E-state index contributed by atoms with van der Waals surface area (Å²) >= 11 is 3.40. The predicted octanol–water partition coefficient (Wildman–Crippen LogP) is 4.69. The number of nitrogens with zero attached hydrogens (tertiary/aromatic N) is 2. The molecule has 0 spiro atoms. The summed E-state index contributed by atoms with van der Waals surface area (Å²) in [6.45, 7) is 0.997. The predicted molar refractivity (Wildman–Crippen MR) is 126 cm³/mol. The lowest BCUT2D eigenvalue weighted by Gasteiger charge is -2.23. The molecular weight excluding hydrogens is 499 g/mol. The zero-order valence-electron chi connectivity index (χ0n) is 17.3. The van der Waals surface area contributed by atoms with E-state index in [0.29, 0.717) is 35.4 Å². The van der Waals surface area contributed by atoms with Crippen LogP contribution in [0.3, 0.4) is 0 Å². The zero-order chi connectivity index (χ0) is 22.7. The molecule has 7 nitrogen and oxygen atoms in total. The fourth-order valence-corrected chi connectivity index (χ4v) is 6.46. The molecule has 1 aliphatic heterocycles. The third kappa shape index (κ3) is 4.62. The standard InChI is InChI=1S/C15H17BrN2O3S.C7H5FN2/c1-17-13-2-5-18-14-9-12(16)15(8-11(13)14)22(19,20)10-3-6-21-7-4-10;8-6-1-2-7-5(3-6)4-9-10-7/h2,5,8-10H,3-4,6-7H2,1H3,(H,17,18);1-4H,(H,9,10). The first-order chi connectivity index (χ1) is 15.4. The van der Waals surface area contributed by atoms with Crippen molar-refractivity contribution in [3.63, 3.8) is 0 Å². The van der Waals surface area contributed by atoms with E-state index in [0.717, 1.165) is 27.5 Å². The number of aromatic nitrogens is 3. The van der Waals surface area contributed by atoms with Crippen molar-refractivity contribution in [2.75, 3.05) is 25.6 Å². The average Bonchev–Trinajstić information content (AvgIpc) is 3.26. The fraction of sp³-hybridized carbons (Fsp3) is 0.273. The van der Waals surface area contributed by atoms with E-state index in [1.54, 1.807) is 30.6 Å². The molecule has 10 heteroatoms. The van der Waals surface area contributed by atoms with Crippen LogP contribution < -0.4 is 5.32 Å². The molecule has 0 bridgehead atoms. The summed E-state index contributed by atoms with van der Waals surface area (Å²) < 4.78 is 44.2. The molecule has 0 atom stereocenters. The number of anilines is 1. The highest BCUT2D eigenvalue weighted by Gasteiger charge is 2.31. The van der Waals surface area contributed by atoms with Crippen LogP contribution in [0.1, 0.15) is 12.8 Å². The molecule has 3 heterocycles. The molecule has 1 fully saturated rings. The molecule has 0 unspecified atom stereocenters. The van der Waals surface area contributed by atoms with Crippen molar-refractivity contribution in [2.24, 2.45) is 0 Å². The van der Waals surface area contributed by atoms with Gasteiger partial charge in [0.05, 0.1) is 27.4 Å². The molecule has 0 aliphatic carbocycles. The van der Waals surface area contributed by atoms with Crippen molar-refractivity contribution < 1.29 is 17.5 Å². The molecule has 168 valence electrons. The minimum atomic E-state index is -3.39. The van der Waals surface area contributed by atoms with E-state index in [-0.39, 0.29) is 11.1 Å². The average molecular weight is 521 g/mol. The topological polar surface area (TPSA) is 97.0 Å². The van der Waals surface area contributed by atoms with Crippen molar-refractivity contribution in [2.45, 2.75) is 23.0 Å². The summed E-state index contributed by atoms with van der Waals surface area (Å²) in [5.41, 5.74) is 2.48. The van der Waals surface area contributed by atoms with Gasteiger partial charge < -0.3 is 10.1 Å². The molecule has 4 aromatic rings. The number of sulfone groups is 1. The third-order valence-electron chi connectivity index (χ3n) is 5.38. The number of rotatable bonds is 3. The third-order valence-corrected chi connectivity index (χ3v) is 8.60. The Labute approximate surface area is 193 Å². The normalized spacial score (nSPS) is 14.8. The summed E-state index contributed by atoms with van der Waals surface area (Å²) in [5.74, 6) is -0.228. The largest absolute Gasteiger partial charge is 0.388 e. The summed E-state index contributed by atoms with van der Waals surface area (Å²) in [4.78, 5) is 4.63. The van der Waals surface area contributed by atoms with Crippen LogP contribution in [0, 0.1) is 5.82 Å². The van der Waals surface area contributed by atoms with Crippen LogP contribution >= 0.6 is 15.9 Å². The molecule has 32 heavy (non-hydrogen) atoms. The summed E-state index contributed by atoms with van der Waals surface area (Å²) in [5, 5.41) is 10.8. The molecule has 0 saturated carbocycles. The lowest BCUT2D eigenvalue weighted by Crippen LogP contribution is -2.29. The van der Waals surface area contributed by atoms with Crippen LogP contribution in [0.2, 0.25) is 0 Å². The van der Waals surface area contributed by atoms with E-state index < -0.39 is 9.84 Å². The fourth-order valence-electron chi connectivity index (χ4n) is 3.66. The maximum Gasteiger partial charge on any atom is 0.182 e. The molecule has 2 N–H and O–H groups in total. The first-order valence-electron chi connectivity index (χ1n) is 10.1. The molecule has 1 saturated heterocycles. The van der Waals surface area contributed by atoms with Crippen molar-refractivity contribution in [3.8, 4) is 0 Å². The smallest absolute Gasteiger partial charge is 0.182 e. The molecule has 1 aliphatic rings. The first kappa shape index (κ1) is 22.6. The SMILES string of the molecule is CNc1ccnc2cc(Br)c(S(=O)(=O)C3CCOCC3)cc12.Fc1ccc2[nH]ncc2c1. The Hall–Kier alpha value is -2.56. The summed E-state index contributed by atoms with van der Waals surface area (Å²) in [6, 6.07) is 9.82. The minimum absolute atomic E-state index is 0.228. The lowest BCUT2D eigenvalue weighted by molar-refractivity contribution is 0.0983. The van der Waals surface area contributed by atoms with E-state index in [2.05, 4.69) is 36.4 Å². The number of H-pyrrole nitrogens is 1. The minimum Gasteiger partial charge on any atom is -0.388 e. The second-order valence-corrected chi connectivity index (χ2v) is 10.4. The van der Waals surface area contributed by atoms with Crippen LogP contribution in [-0.4, -0.2) is 49.1 Å². The number of ether oxygens (including phenoxy) is 1. The highest BCUT2D eigenvalue weighted by Crippen LogP contribution is 2.34. The van der Waals surface area contributed by atoms with Gasteiger partial charge in [-0.05, 0) is 65.2 Å². The van der Waals surface area contributed by atoms with Crippen LogP contribution in [-0.2, 0) is 14.6 Å². The summed E-state index contributed by atoms with van der Waals surface area (Å²) in [6.07, 6.45) is 4.38. The van der Waals surface area contributed by atoms with Gasteiger partial charge in [-0.25, -0.2) is 12.8 Å². The van der Waals surface area contributed by atoms with Gasteiger partial charge in [0, 0.05) is 47.4 Å². The molecule has 2 aromatic carbocycles. The highest BCUT2D eigenvalue weighted by atomic mass is 79.9. The first-order valence-corrected chi connectivity index (χ1v) is 12.4. The second kappa shape index (κ2) is 9.51. The van der Waals surface area contributed by atoms with Gasteiger partial charge in [0.1, 0.15) is 5.82 Å². The van der Waals surface area contributed by atoms with Crippen molar-refractivity contribution >= 4 is 53.3 Å². The molecule has 0 amide bonds. The molecule has 0 radical (unpaired) electrons. The zero-order valence-corrected chi connectivity index (χ0v) is 19.7. The van der Waals surface area contributed by atoms with Crippen LogP contribution in [0.5, 0.6) is 0 Å². The van der Waals surface area contributed by atoms with Gasteiger partial charge in [-0.2, -0.15) is 5.10 Å². The molecular formula is C22H22BrFN4O3S. The van der Waals surface area contributed by atoms with Crippen molar-refractivity contribution in [1.29, 1.82) is 0 Å². The number of halogens is 2. The van der Waals surface area contributed by atoms with Gasteiger partial charge in [-0.15, -0.1) is 0 Å². The number of nitrogens with one attached hydrogen (secondary N) is 2. The summed E-state index contributed by atoms with van der Waals surface area (Å²) in [7, 11) is -1.58. The number of fused-ring (bicyclic) bond motifs is 2. The number of aromatic amines is 1. The van der Waals surface area contributed by atoms with E-state index in [4.69, 9.17) is 4.74 Å². The number of benzene rings is 2. The Balaban J connectivity index is 0.000000203. The highest BCUT2D eigenvalue weighted by molar-refractivity contribution is 9.10. The van der Waals surface area contributed by atoms with Crippen LogP contribution in [0.15, 0.2) is 58.2 Å². The lowest BCUT2D eigenvalue weighted by atomic mass is 10.2. The van der Waals surface area contributed by atoms with Crippen LogP contribution in [0.25, 0.3) is 21.8 Å². The van der Waals surface area contributed by atoms with Crippen molar-refractivity contribution in [3.05, 3.63) is 59.1 Å². The van der Waals surface area contributed by atoms with E-state index in [1.807, 2.05) is 13.1 Å². The Kier molecular flexibility index (Phi) is 6.73. The molecule has 5 rings (SSSR count). The van der Waals surface area contributed by atoms with Gasteiger partial charge in [-0.3, -0.25) is 10.1 Å². The number of hydrogen-bond donors (Lipinski definition) is 2. The van der Waals surface area contributed by atoms with Gasteiger partial charge >= 0.3 is 0 Å². The van der Waals surface area contributed by atoms with Crippen molar-refractivity contribution in [1.82, 2.24) is 15.2 Å². The number of pyridine rings is 1. The van der Waals surface area contributed by atoms with Gasteiger partial charge in [0.15, 0.2) is 9.84 Å². The number of hydrogen-bond acceptors (Lipinski definition) is 6. The maximum absolute atomic E-state index is 12.9. The Bertz CT molecular complexity index is 1350. The van der Waals surface area contributed by atoms with Crippen LogP contribution in [0.4, 0.5) is 10.1 Å². The van der Waals surface area contributed by atoms with E-state index >= 15 is 0 Å². The van der Waals surface area contributed by atoms with Gasteiger partial charge in [-0.1, -0.05) is 0 Å². The van der Waals surface area contributed by atoms with Gasteiger partial charge in [0.2, 0.25) is 0 Å². The quantitative estimate of drug-likeness (QED) is 0.406. The van der Waals surface area contributed by atoms with E-state index in [9.17, 15) is 12.8 Å². The maximum atomic E-state index is 12.9. The second-order valence-electron chi connectivity index (χ2n) is 7.37. The van der Waals surface area contributed by atoms with Gasteiger partial charge in [0.25, 0.3) is 0 Å².